The van der Waals surface area contributed by atoms with Crippen molar-refractivity contribution >= 4 is 17.7 Å². The summed E-state index contributed by atoms with van der Waals surface area (Å²) >= 11 is 0. The van der Waals surface area contributed by atoms with Gasteiger partial charge in [0, 0.05) is 24.9 Å². The number of hydrogen-bond acceptors (Lipinski definition) is 5. The Morgan fingerprint density at radius 1 is 1.26 bits per heavy atom. The zero-order valence-electron chi connectivity index (χ0n) is 18.6. The summed E-state index contributed by atoms with van der Waals surface area (Å²) in [6, 6.07) is 6.58. The van der Waals surface area contributed by atoms with E-state index in [0.717, 1.165) is 11.3 Å². The lowest BCUT2D eigenvalue weighted by Crippen LogP contribution is -2.69. The number of aliphatic hydroxyl groups excluding tert-OH is 1. The Bertz CT molecular complexity index is 983. The van der Waals surface area contributed by atoms with E-state index >= 15 is 0 Å². The molecule has 3 amide bonds. The van der Waals surface area contributed by atoms with E-state index in [4.69, 9.17) is 0 Å². The minimum absolute atomic E-state index is 0.0587. The SMILES string of the molecule is N#C[C@H](C[C@@H]1CCCNC1=O)NC(=O)[C@@H]1[C@@H]2CC[C@@H](CC2(F)F)N1C(=O)C(O)c1ccccc1. The molecule has 6 atom stereocenters. The van der Waals surface area contributed by atoms with E-state index in [0.29, 0.717) is 24.9 Å². The number of amides is 3. The molecule has 1 unspecified atom stereocenters. The summed E-state index contributed by atoms with van der Waals surface area (Å²) in [4.78, 5) is 39.7. The highest BCUT2D eigenvalue weighted by Gasteiger charge is 2.61. The molecule has 182 valence electrons. The van der Waals surface area contributed by atoms with Crippen molar-refractivity contribution in [2.45, 2.75) is 68.7 Å². The van der Waals surface area contributed by atoms with Crippen LogP contribution in [0.5, 0.6) is 0 Å². The molecule has 3 N–H and O–H groups in total. The van der Waals surface area contributed by atoms with E-state index in [1.165, 1.54) is 0 Å². The van der Waals surface area contributed by atoms with Crippen molar-refractivity contribution in [1.82, 2.24) is 15.5 Å². The number of nitrogens with one attached hydrogen (secondary N) is 2. The molecule has 1 aromatic rings. The van der Waals surface area contributed by atoms with Crippen molar-refractivity contribution in [3.63, 3.8) is 0 Å². The van der Waals surface area contributed by atoms with Crippen molar-refractivity contribution in [3.05, 3.63) is 35.9 Å². The molecule has 1 aromatic carbocycles. The van der Waals surface area contributed by atoms with Crippen LogP contribution < -0.4 is 10.6 Å². The summed E-state index contributed by atoms with van der Waals surface area (Å²) in [5, 5.41) is 25.5. The summed E-state index contributed by atoms with van der Waals surface area (Å²) in [5.74, 6) is -6.89. The predicted octanol–water partition coefficient (Wildman–Crippen LogP) is 1.66. The van der Waals surface area contributed by atoms with Crippen LogP contribution in [0.1, 0.15) is 50.2 Å². The van der Waals surface area contributed by atoms with Gasteiger partial charge in [-0.3, -0.25) is 14.4 Å². The first kappa shape index (κ1) is 24.1. The van der Waals surface area contributed by atoms with Gasteiger partial charge in [0.25, 0.3) is 11.8 Å². The van der Waals surface area contributed by atoms with E-state index in [-0.39, 0.29) is 18.7 Å². The monoisotopic (exact) mass is 474 g/mol. The molecule has 10 heteroatoms. The lowest BCUT2D eigenvalue weighted by atomic mass is 9.71. The molecule has 0 spiro atoms. The number of hydrogen-bond donors (Lipinski definition) is 3. The Labute approximate surface area is 196 Å². The standard InChI is InChI=1S/C24H28F2N4O4/c25-24(26)12-17-8-9-18(24)19(30(17)23(34)20(31)14-5-2-1-3-6-14)22(33)29-16(13-27)11-15-7-4-10-28-21(15)32/h1-3,5-6,15-20,31H,4,7-12H2,(H,28,32)(H,29,33)/t15-,16-,17-,18-,19-,20?/m0/s1. The quantitative estimate of drug-likeness (QED) is 0.579. The molecule has 3 heterocycles. The van der Waals surface area contributed by atoms with Gasteiger partial charge in [-0.05, 0) is 37.7 Å². The smallest absolute Gasteiger partial charge is 0.256 e. The van der Waals surface area contributed by atoms with E-state index < -0.39 is 60.2 Å². The van der Waals surface area contributed by atoms with Crippen molar-refractivity contribution < 1.29 is 28.3 Å². The van der Waals surface area contributed by atoms with E-state index in [1.54, 1.807) is 30.3 Å². The maximum Gasteiger partial charge on any atom is 0.256 e. The first-order valence-electron chi connectivity index (χ1n) is 11.6. The number of benzene rings is 1. The molecule has 1 saturated carbocycles. The normalized spacial score (nSPS) is 29.5. The molecule has 3 aliphatic heterocycles. The Morgan fingerprint density at radius 3 is 2.65 bits per heavy atom. The summed E-state index contributed by atoms with van der Waals surface area (Å²) in [6.45, 7) is 0.556. The number of nitrogens with zero attached hydrogens (tertiary/aromatic N) is 2. The first-order valence-corrected chi connectivity index (χ1v) is 11.6. The van der Waals surface area contributed by atoms with Gasteiger partial charge >= 0.3 is 0 Å². The van der Waals surface area contributed by atoms with Crippen LogP contribution in [-0.4, -0.2) is 58.3 Å². The lowest BCUT2D eigenvalue weighted by molar-refractivity contribution is -0.198. The third-order valence-electron chi connectivity index (χ3n) is 7.20. The second kappa shape index (κ2) is 9.66. The number of halogens is 2. The molecular formula is C24H28F2N4O4. The van der Waals surface area contributed by atoms with Crippen LogP contribution in [0.4, 0.5) is 8.78 Å². The van der Waals surface area contributed by atoms with Crippen molar-refractivity contribution in [2.75, 3.05) is 6.54 Å². The number of rotatable bonds is 6. The zero-order chi connectivity index (χ0) is 24.5. The maximum atomic E-state index is 14.8. The molecule has 3 saturated heterocycles. The van der Waals surface area contributed by atoms with Gasteiger partial charge in [0.2, 0.25) is 11.8 Å². The molecule has 5 rings (SSSR count). The average Bonchev–Trinajstić information content (AvgIpc) is 2.83. The molecule has 4 fully saturated rings. The Morgan fingerprint density at radius 2 is 2.00 bits per heavy atom. The molecular weight excluding hydrogens is 446 g/mol. The molecule has 34 heavy (non-hydrogen) atoms. The molecule has 0 radical (unpaired) electrons. The van der Waals surface area contributed by atoms with Gasteiger partial charge in [0.15, 0.2) is 6.10 Å². The fourth-order valence-electron chi connectivity index (χ4n) is 5.49. The zero-order valence-corrected chi connectivity index (χ0v) is 18.6. The number of alkyl halides is 2. The highest BCUT2D eigenvalue weighted by Crippen LogP contribution is 2.49. The van der Waals surface area contributed by atoms with E-state index in [1.807, 2.05) is 6.07 Å². The van der Waals surface area contributed by atoms with Crippen molar-refractivity contribution in [1.29, 1.82) is 5.26 Å². The van der Waals surface area contributed by atoms with Gasteiger partial charge in [0.05, 0.1) is 12.0 Å². The molecule has 1 aliphatic carbocycles. The number of carbonyl (C=O) groups excluding carboxylic acids is 3. The second-order valence-electron chi connectivity index (χ2n) is 9.36. The van der Waals surface area contributed by atoms with Gasteiger partial charge in [-0.1, -0.05) is 30.3 Å². The van der Waals surface area contributed by atoms with E-state index in [2.05, 4.69) is 10.6 Å². The third kappa shape index (κ3) is 4.62. The summed E-state index contributed by atoms with van der Waals surface area (Å²) in [5.41, 5.74) is 0.304. The maximum absolute atomic E-state index is 14.8. The minimum Gasteiger partial charge on any atom is -0.378 e. The first-order chi connectivity index (χ1) is 16.2. The Hall–Kier alpha value is -3.06. The predicted molar refractivity (Wildman–Crippen MR) is 116 cm³/mol. The Kier molecular flexibility index (Phi) is 6.84. The van der Waals surface area contributed by atoms with Crippen LogP contribution in [0.25, 0.3) is 0 Å². The van der Waals surface area contributed by atoms with Gasteiger partial charge < -0.3 is 20.6 Å². The van der Waals surface area contributed by atoms with Crippen molar-refractivity contribution in [2.24, 2.45) is 11.8 Å². The number of fused-ring (bicyclic) bond motifs is 3. The number of nitriles is 1. The highest BCUT2D eigenvalue weighted by molar-refractivity contribution is 5.91. The molecule has 0 aromatic heterocycles. The fourth-order valence-corrected chi connectivity index (χ4v) is 5.49. The molecule has 4 aliphatic rings. The number of aliphatic hydroxyl groups is 1. The van der Waals surface area contributed by atoms with Crippen LogP contribution in [0.2, 0.25) is 0 Å². The fraction of sp³-hybridized carbons (Fsp3) is 0.583. The second-order valence-corrected chi connectivity index (χ2v) is 9.36. The van der Waals surface area contributed by atoms with Crippen molar-refractivity contribution in [3.8, 4) is 6.07 Å². The van der Waals surface area contributed by atoms with Crippen LogP contribution in [0.15, 0.2) is 30.3 Å². The number of carbonyl (C=O) groups is 3. The van der Waals surface area contributed by atoms with Gasteiger partial charge in [0.1, 0.15) is 12.1 Å². The van der Waals surface area contributed by atoms with Crippen LogP contribution in [0.3, 0.4) is 0 Å². The van der Waals surface area contributed by atoms with E-state index in [9.17, 15) is 33.5 Å². The summed E-state index contributed by atoms with van der Waals surface area (Å²) < 4.78 is 29.6. The lowest BCUT2D eigenvalue weighted by Gasteiger charge is -2.54. The summed E-state index contributed by atoms with van der Waals surface area (Å²) in [7, 11) is 0. The topological polar surface area (TPSA) is 123 Å². The average molecular weight is 475 g/mol. The van der Waals surface area contributed by atoms with Gasteiger partial charge in [-0.2, -0.15) is 5.26 Å². The summed E-state index contributed by atoms with van der Waals surface area (Å²) in [6.07, 6.45) is -0.419. The largest absolute Gasteiger partial charge is 0.378 e. The van der Waals surface area contributed by atoms with Crippen LogP contribution >= 0.6 is 0 Å². The highest BCUT2D eigenvalue weighted by atomic mass is 19.3. The molecule has 2 bridgehead atoms. The van der Waals surface area contributed by atoms with Crippen LogP contribution in [-0.2, 0) is 14.4 Å². The van der Waals surface area contributed by atoms with Gasteiger partial charge in [-0.15, -0.1) is 0 Å². The third-order valence-corrected chi connectivity index (χ3v) is 7.20. The molecule has 8 nitrogen and oxygen atoms in total. The Balaban J connectivity index is 1.56. The van der Waals surface area contributed by atoms with Gasteiger partial charge in [-0.25, -0.2) is 8.78 Å². The van der Waals surface area contributed by atoms with Crippen LogP contribution in [0, 0.1) is 23.2 Å². The minimum atomic E-state index is -3.15. The number of piperidine rings is 3.